The van der Waals surface area contributed by atoms with E-state index in [4.69, 9.17) is 27.6 Å². The van der Waals surface area contributed by atoms with Gasteiger partial charge in [0.15, 0.2) is 10.6 Å². The zero-order chi connectivity index (χ0) is 21.2. The molecule has 1 amide bonds. The summed E-state index contributed by atoms with van der Waals surface area (Å²) in [5.74, 6) is -0.406. The monoisotopic (exact) mass is 520 g/mol. The molecule has 30 heavy (non-hydrogen) atoms. The van der Waals surface area contributed by atoms with Gasteiger partial charge in [-0.2, -0.15) is 0 Å². The summed E-state index contributed by atoms with van der Waals surface area (Å²) in [7, 11) is 0. The Labute approximate surface area is 193 Å². The molecule has 0 aliphatic carbocycles. The zero-order valence-electron chi connectivity index (χ0n) is 15.3. The van der Waals surface area contributed by atoms with Gasteiger partial charge in [0.05, 0.1) is 32.7 Å². The van der Waals surface area contributed by atoms with Gasteiger partial charge in [0.2, 0.25) is 5.76 Å². The van der Waals surface area contributed by atoms with Crippen molar-refractivity contribution in [1.82, 2.24) is 4.98 Å². The number of nitrogens with zero attached hydrogens (tertiary/aromatic N) is 2. The molecule has 0 radical (unpaired) electrons. The van der Waals surface area contributed by atoms with Crippen LogP contribution in [0.15, 0.2) is 55.5 Å². The molecule has 5 nitrogen and oxygen atoms in total. The van der Waals surface area contributed by atoms with Crippen LogP contribution in [-0.4, -0.2) is 10.9 Å². The number of benzene rings is 2. The van der Waals surface area contributed by atoms with Crippen LogP contribution in [-0.2, 0) is 0 Å². The number of rotatable bonds is 2. The van der Waals surface area contributed by atoms with Crippen LogP contribution >= 0.6 is 50.5 Å². The highest BCUT2D eigenvalue weighted by Gasteiger charge is 2.45. The van der Waals surface area contributed by atoms with Gasteiger partial charge >= 0.3 is 0 Å². The van der Waals surface area contributed by atoms with Crippen molar-refractivity contribution in [3.8, 4) is 0 Å². The highest BCUT2D eigenvalue weighted by Crippen LogP contribution is 2.43. The number of thiazole rings is 1. The summed E-state index contributed by atoms with van der Waals surface area (Å²) in [6.45, 7) is 1.84. The lowest BCUT2D eigenvalue weighted by atomic mass is 9.99. The lowest BCUT2D eigenvalue weighted by molar-refractivity contribution is 0.0971. The molecule has 0 fully saturated rings. The predicted molar refractivity (Wildman–Crippen MR) is 122 cm³/mol. The van der Waals surface area contributed by atoms with Crippen molar-refractivity contribution in [2.45, 2.75) is 13.0 Å². The highest BCUT2D eigenvalue weighted by molar-refractivity contribution is 9.10. The van der Waals surface area contributed by atoms with E-state index >= 15 is 0 Å². The third-order valence-electron chi connectivity index (χ3n) is 4.90. The first-order chi connectivity index (χ1) is 14.3. The lowest BCUT2D eigenvalue weighted by Crippen LogP contribution is -2.29. The molecule has 3 heterocycles. The maximum absolute atomic E-state index is 13.5. The summed E-state index contributed by atoms with van der Waals surface area (Å²) in [4.78, 5) is 32.9. The van der Waals surface area contributed by atoms with Crippen LogP contribution in [0.5, 0.6) is 0 Å². The number of aromatic nitrogens is 1. The number of carbonyl (C=O) groups is 1. The predicted octanol–water partition coefficient (Wildman–Crippen LogP) is 6.38. The van der Waals surface area contributed by atoms with Crippen molar-refractivity contribution in [3.05, 3.63) is 89.1 Å². The Bertz CT molecular complexity index is 1420. The molecule has 1 aliphatic rings. The largest absolute Gasteiger partial charge is 0.450 e. The molecule has 9 heteroatoms. The molecule has 0 bridgehead atoms. The van der Waals surface area contributed by atoms with Gasteiger partial charge in [-0.25, -0.2) is 4.98 Å². The summed E-state index contributed by atoms with van der Waals surface area (Å²) >= 11 is 17.1. The molecular formula is C21H11BrCl2N2O3S. The van der Waals surface area contributed by atoms with Crippen molar-refractivity contribution in [1.29, 1.82) is 0 Å². The lowest BCUT2D eigenvalue weighted by Gasteiger charge is -2.22. The molecular weight excluding hydrogens is 511 g/mol. The Balaban J connectivity index is 1.84. The number of halogens is 3. The minimum atomic E-state index is -0.729. The van der Waals surface area contributed by atoms with Gasteiger partial charge in [-0.1, -0.05) is 45.2 Å². The Hall–Kier alpha value is -2.19. The van der Waals surface area contributed by atoms with Crippen LogP contribution in [0.4, 0.5) is 5.13 Å². The second kappa shape index (κ2) is 7.20. The number of anilines is 1. The Morgan fingerprint density at radius 2 is 1.93 bits per heavy atom. The van der Waals surface area contributed by atoms with Crippen molar-refractivity contribution in [2.24, 2.45) is 0 Å². The minimum absolute atomic E-state index is 0.0127. The molecule has 1 atom stereocenters. The van der Waals surface area contributed by atoms with E-state index in [1.165, 1.54) is 16.2 Å². The topological polar surface area (TPSA) is 63.4 Å². The smallest absolute Gasteiger partial charge is 0.297 e. The number of hydrogen-bond donors (Lipinski definition) is 0. The fourth-order valence-corrected chi connectivity index (χ4v) is 5.09. The van der Waals surface area contributed by atoms with Crippen LogP contribution in [0.1, 0.15) is 33.4 Å². The standard InChI is InChI=1S/C21H11BrCl2N2O3S/c1-9-8-30-21(25-9)26-17(10-2-4-13(23)14(24)6-10)16-18(27)12-7-11(22)3-5-15(12)29-19(16)20(26)28/h2-8,17H,1H3. The first kappa shape index (κ1) is 19.8. The molecule has 2 aromatic carbocycles. The average Bonchev–Trinajstić information content (AvgIpc) is 3.26. The van der Waals surface area contributed by atoms with Gasteiger partial charge in [0.1, 0.15) is 5.58 Å². The zero-order valence-corrected chi connectivity index (χ0v) is 19.2. The van der Waals surface area contributed by atoms with Gasteiger partial charge in [0, 0.05) is 9.85 Å². The molecule has 5 rings (SSSR count). The van der Waals surface area contributed by atoms with Crippen LogP contribution in [0.2, 0.25) is 10.0 Å². The normalized spacial score (nSPS) is 15.8. The first-order valence-electron chi connectivity index (χ1n) is 8.82. The fourth-order valence-electron chi connectivity index (χ4n) is 3.59. The fraction of sp³-hybridized carbons (Fsp3) is 0.0952. The average molecular weight is 522 g/mol. The maximum atomic E-state index is 13.5. The van der Waals surface area contributed by atoms with Gasteiger partial charge in [-0.15, -0.1) is 11.3 Å². The second-order valence-corrected chi connectivity index (χ2v) is 9.40. The van der Waals surface area contributed by atoms with E-state index in [1.54, 1.807) is 36.4 Å². The first-order valence-corrected chi connectivity index (χ1v) is 11.2. The van der Waals surface area contributed by atoms with Gasteiger partial charge < -0.3 is 4.42 Å². The van der Waals surface area contributed by atoms with Gasteiger partial charge in [0.25, 0.3) is 5.91 Å². The van der Waals surface area contributed by atoms with Crippen molar-refractivity contribution < 1.29 is 9.21 Å². The second-order valence-electron chi connectivity index (χ2n) is 6.84. The Morgan fingerprint density at radius 1 is 1.13 bits per heavy atom. The number of carbonyl (C=O) groups excluding carboxylic acids is 1. The number of aryl methyl sites for hydroxylation is 1. The van der Waals surface area contributed by atoms with Gasteiger partial charge in [-0.05, 0) is 42.8 Å². The van der Waals surface area contributed by atoms with E-state index in [2.05, 4.69) is 20.9 Å². The molecule has 0 N–H and O–H groups in total. The summed E-state index contributed by atoms with van der Waals surface area (Å²) < 4.78 is 6.66. The Kier molecular flexibility index (Phi) is 4.74. The molecule has 1 aliphatic heterocycles. The van der Waals surface area contributed by atoms with E-state index in [1.807, 2.05) is 12.3 Å². The number of fused-ring (bicyclic) bond motifs is 2. The molecule has 1 unspecified atom stereocenters. The molecule has 2 aromatic heterocycles. The van der Waals surface area contributed by atoms with E-state index < -0.39 is 11.9 Å². The highest BCUT2D eigenvalue weighted by atomic mass is 79.9. The van der Waals surface area contributed by atoms with E-state index in [9.17, 15) is 9.59 Å². The molecule has 4 aromatic rings. The van der Waals surface area contributed by atoms with Crippen LogP contribution in [0, 0.1) is 6.92 Å². The molecule has 0 saturated carbocycles. The SMILES string of the molecule is Cc1csc(N2C(=O)c3oc4ccc(Br)cc4c(=O)c3C2c2ccc(Cl)c(Cl)c2)n1. The third kappa shape index (κ3) is 3.00. The summed E-state index contributed by atoms with van der Waals surface area (Å²) in [5.41, 5.74) is 1.76. The molecule has 0 spiro atoms. The summed E-state index contributed by atoms with van der Waals surface area (Å²) in [5, 5.41) is 3.43. The van der Waals surface area contributed by atoms with E-state index in [0.29, 0.717) is 31.7 Å². The number of amides is 1. The van der Waals surface area contributed by atoms with Crippen molar-refractivity contribution >= 4 is 72.5 Å². The summed E-state index contributed by atoms with van der Waals surface area (Å²) in [6, 6.07) is 9.44. The van der Waals surface area contributed by atoms with Crippen LogP contribution < -0.4 is 10.3 Å². The third-order valence-corrected chi connectivity index (χ3v) is 7.09. The number of hydrogen-bond acceptors (Lipinski definition) is 5. The quantitative estimate of drug-likeness (QED) is 0.307. The van der Waals surface area contributed by atoms with Crippen molar-refractivity contribution in [3.63, 3.8) is 0 Å². The van der Waals surface area contributed by atoms with Crippen LogP contribution in [0.25, 0.3) is 11.0 Å². The Morgan fingerprint density at radius 3 is 2.63 bits per heavy atom. The van der Waals surface area contributed by atoms with E-state index in [-0.39, 0.29) is 16.8 Å². The van der Waals surface area contributed by atoms with Crippen LogP contribution in [0.3, 0.4) is 0 Å². The minimum Gasteiger partial charge on any atom is -0.450 e. The molecule has 0 saturated heterocycles. The molecule has 150 valence electrons. The van der Waals surface area contributed by atoms with Crippen molar-refractivity contribution in [2.75, 3.05) is 4.90 Å². The van der Waals surface area contributed by atoms with Gasteiger partial charge in [-0.3, -0.25) is 14.5 Å². The summed E-state index contributed by atoms with van der Waals surface area (Å²) in [6.07, 6.45) is 0. The van der Waals surface area contributed by atoms with E-state index in [0.717, 1.165) is 10.2 Å². The maximum Gasteiger partial charge on any atom is 0.297 e.